The van der Waals surface area contributed by atoms with Crippen molar-refractivity contribution in [1.29, 1.82) is 0 Å². The molecule has 0 fully saturated rings. The van der Waals surface area contributed by atoms with Gasteiger partial charge in [0.1, 0.15) is 5.76 Å². The quantitative estimate of drug-likeness (QED) is 0.842. The summed E-state index contributed by atoms with van der Waals surface area (Å²) in [5, 5.41) is 2.91. The largest absolute Gasteiger partial charge is 0.384 e. The number of carbonyl (C=O) groups is 1. The second kappa shape index (κ2) is 8.02. The maximum absolute atomic E-state index is 12.6. The van der Waals surface area contributed by atoms with E-state index in [2.05, 4.69) is 12.1 Å². The number of rotatable bonds is 7. The molecule has 1 unspecified atom stereocenters. The Morgan fingerprint density at radius 3 is 2.61 bits per heavy atom. The molecule has 5 nitrogen and oxygen atoms in total. The molecule has 2 rings (SSSR count). The van der Waals surface area contributed by atoms with E-state index < -0.39 is 0 Å². The van der Waals surface area contributed by atoms with Crippen LogP contribution in [0.2, 0.25) is 5.02 Å². The molecule has 1 heterocycles. The van der Waals surface area contributed by atoms with E-state index in [0.29, 0.717) is 30.2 Å². The summed E-state index contributed by atoms with van der Waals surface area (Å²) in [6.45, 7) is 4.63. The number of hydrogen-bond donors (Lipinski definition) is 1. The van der Waals surface area contributed by atoms with Crippen molar-refractivity contribution in [2.45, 2.75) is 45.7 Å². The summed E-state index contributed by atoms with van der Waals surface area (Å²) < 4.78 is 4.99. The topological polar surface area (TPSA) is 66.3 Å². The summed E-state index contributed by atoms with van der Waals surface area (Å²) >= 11 is 5.90. The summed E-state index contributed by atoms with van der Waals surface area (Å²) in [4.78, 5) is 25.5. The SMILES string of the molecule is CCC(C)N(Cc1ccc(Cl)cc1)C(=O)CCc1cc(=O)[nH]o1. The molecule has 0 radical (unpaired) electrons. The van der Waals surface area contributed by atoms with Crippen LogP contribution in [0.25, 0.3) is 0 Å². The minimum absolute atomic E-state index is 0.0400. The summed E-state index contributed by atoms with van der Waals surface area (Å²) in [7, 11) is 0. The number of amides is 1. The van der Waals surface area contributed by atoms with E-state index in [4.69, 9.17) is 16.1 Å². The zero-order valence-corrected chi connectivity index (χ0v) is 14.1. The van der Waals surface area contributed by atoms with E-state index in [0.717, 1.165) is 12.0 Å². The number of carbonyl (C=O) groups excluding carboxylic acids is 1. The third-order valence-corrected chi connectivity index (χ3v) is 4.12. The fourth-order valence-corrected chi connectivity index (χ4v) is 2.44. The van der Waals surface area contributed by atoms with Crippen molar-refractivity contribution in [2.24, 2.45) is 0 Å². The van der Waals surface area contributed by atoms with Gasteiger partial charge in [0.05, 0.1) is 0 Å². The smallest absolute Gasteiger partial charge is 0.280 e. The molecule has 1 N–H and O–H groups in total. The van der Waals surface area contributed by atoms with Crippen LogP contribution >= 0.6 is 11.6 Å². The van der Waals surface area contributed by atoms with E-state index in [9.17, 15) is 9.59 Å². The molecule has 1 amide bonds. The van der Waals surface area contributed by atoms with Crippen LogP contribution in [-0.4, -0.2) is 22.0 Å². The Hall–Kier alpha value is -2.01. The lowest BCUT2D eigenvalue weighted by Gasteiger charge is -2.29. The number of nitrogens with one attached hydrogen (secondary N) is 1. The minimum Gasteiger partial charge on any atom is -0.384 e. The number of benzene rings is 1. The van der Waals surface area contributed by atoms with Crippen molar-refractivity contribution in [3.63, 3.8) is 0 Å². The van der Waals surface area contributed by atoms with Crippen LogP contribution < -0.4 is 5.56 Å². The molecule has 0 spiro atoms. The third-order valence-electron chi connectivity index (χ3n) is 3.87. The van der Waals surface area contributed by atoms with Crippen molar-refractivity contribution in [1.82, 2.24) is 10.1 Å². The number of nitrogens with zero attached hydrogens (tertiary/aromatic N) is 1. The molecular weight excluding hydrogens is 316 g/mol. The molecule has 0 bridgehead atoms. The molecule has 2 aromatic rings. The maximum atomic E-state index is 12.6. The third kappa shape index (κ3) is 4.99. The van der Waals surface area contributed by atoms with Gasteiger partial charge in [-0.2, -0.15) is 5.16 Å². The first-order chi connectivity index (χ1) is 11.0. The molecular formula is C17H21ClN2O3. The molecule has 124 valence electrons. The molecule has 0 saturated carbocycles. The Kier molecular flexibility index (Phi) is 6.04. The zero-order chi connectivity index (χ0) is 16.8. The van der Waals surface area contributed by atoms with Crippen LogP contribution in [0.4, 0.5) is 0 Å². The van der Waals surface area contributed by atoms with Crippen molar-refractivity contribution in [3.05, 3.63) is 57.0 Å². The van der Waals surface area contributed by atoms with E-state index in [-0.39, 0.29) is 17.5 Å². The summed E-state index contributed by atoms with van der Waals surface area (Å²) in [6, 6.07) is 9.01. The average molecular weight is 337 g/mol. The van der Waals surface area contributed by atoms with Crippen molar-refractivity contribution >= 4 is 17.5 Å². The predicted octanol–water partition coefficient (Wildman–Crippen LogP) is 3.38. The number of aromatic amines is 1. The first-order valence-corrected chi connectivity index (χ1v) is 8.08. The maximum Gasteiger partial charge on any atom is 0.280 e. The van der Waals surface area contributed by atoms with Gasteiger partial charge in [-0.1, -0.05) is 30.7 Å². The van der Waals surface area contributed by atoms with E-state index in [1.54, 1.807) is 0 Å². The Labute approximate surface area is 140 Å². The lowest BCUT2D eigenvalue weighted by molar-refractivity contribution is -0.134. The highest BCUT2D eigenvalue weighted by Gasteiger charge is 2.19. The number of H-pyrrole nitrogens is 1. The standard InChI is InChI=1S/C17H21ClN2O3/c1-3-12(2)20(11-13-4-6-14(18)7-5-13)17(22)9-8-15-10-16(21)19-23-15/h4-7,10,12H,3,8-9,11H2,1-2H3,(H,19,21). The first-order valence-electron chi connectivity index (χ1n) is 7.71. The van der Waals surface area contributed by atoms with E-state index in [1.165, 1.54) is 6.07 Å². The summed E-state index contributed by atoms with van der Waals surface area (Å²) in [5.74, 6) is 0.539. The van der Waals surface area contributed by atoms with Crippen LogP contribution in [-0.2, 0) is 17.8 Å². The molecule has 1 atom stereocenters. The summed E-state index contributed by atoms with van der Waals surface area (Å²) in [5.41, 5.74) is 0.753. The van der Waals surface area contributed by atoms with Gasteiger partial charge in [-0.3, -0.25) is 9.59 Å². The lowest BCUT2D eigenvalue weighted by Crippen LogP contribution is -2.37. The van der Waals surface area contributed by atoms with Crippen LogP contribution in [0, 0.1) is 0 Å². The van der Waals surface area contributed by atoms with Crippen LogP contribution in [0.3, 0.4) is 0 Å². The van der Waals surface area contributed by atoms with Gasteiger partial charge in [0, 0.05) is 36.5 Å². The van der Waals surface area contributed by atoms with Crippen LogP contribution in [0.15, 0.2) is 39.6 Å². The van der Waals surface area contributed by atoms with Gasteiger partial charge in [-0.15, -0.1) is 0 Å². The molecule has 0 aliphatic rings. The van der Waals surface area contributed by atoms with Gasteiger partial charge in [0.2, 0.25) is 5.91 Å². The first kappa shape index (κ1) is 17.3. The van der Waals surface area contributed by atoms with Gasteiger partial charge >= 0.3 is 0 Å². The molecule has 0 aliphatic heterocycles. The van der Waals surface area contributed by atoms with E-state index in [1.807, 2.05) is 36.1 Å². The number of aromatic nitrogens is 1. The second-order valence-corrected chi connectivity index (χ2v) is 6.02. The van der Waals surface area contributed by atoms with Crippen LogP contribution in [0.5, 0.6) is 0 Å². The molecule has 6 heteroatoms. The van der Waals surface area contributed by atoms with Gasteiger partial charge in [-0.05, 0) is 31.0 Å². The van der Waals surface area contributed by atoms with Crippen molar-refractivity contribution < 1.29 is 9.32 Å². The number of halogens is 1. The minimum atomic E-state index is -0.285. The highest BCUT2D eigenvalue weighted by molar-refractivity contribution is 6.30. The lowest BCUT2D eigenvalue weighted by atomic mass is 10.1. The highest BCUT2D eigenvalue weighted by atomic mass is 35.5. The molecule has 1 aromatic heterocycles. The van der Waals surface area contributed by atoms with Gasteiger partial charge < -0.3 is 9.42 Å². The Morgan fingerprint density at radius 1 is 1.35 bits per heavy atom. The van der Waals surface area contributed by atoms with Crippen molar-refractivity contribution in [2.75, 3.05) is 0 Å². The molecule has 0 saturated heterocycles. The number of hydrogen-bond acceptors (Lipinski definition) is 3. The highest BCUT2D eigenvalue weighted by Crippen LogP contribution is 2.16. The zero-order valence-electron chi connectivity index (χ0n) is 13.3. The predicted molar refractivity (Wildman–Crippen MR) is 89.4 cm³/mol. The molecule has 1 aromatic carbocycles. The average Bonchev–Trinajstić information content (AvgIpc) is 2.97. The summed E-state index contributed by atoms with van der Waals surface area (Å²) in [6.07, 6.45) is 1.59. The van der Waals surface area contributed by atoms with Gasteiger partial charge in [0.15, 0.2) is 0 Å². The fourth-order valence-electron chi connectivity index (χ4n) is 2.31. The Bertz CT molecular complexity index is 690. The Morgan fingerprint density at radius 2 is 2.04 bits per heavy atom. The van der Waals surface area contributed by atoms with Gasteiger partial charge in [-0.25, -0.2) is 0 Å². The van der Waals surface area contributed by atoms with Crippen molar-refractivity contribution in [3.8, 4) is 0 Å². The molecule has 0 aliphatic carbocycles. The van der Waals surface area contributed by atoms with Gasteiger partial charge in [0.25, 0.3) is 5.56 Å². The Balaban J connectivity index is 2.02. The molecule has 23 heavy (non-hydrogen) atoms. The monoisotopic (exact) mass is 336 g/mol. The fraction of sp³-hybridized carbons (Fsp3) is 0.412. The van der Waals surface area contributed by atoms with Crippen LogP contribution in [0.1, 0.15) is 38.0 Å². The number of aryl methyl sites for hydroxylation is 1. The van der Waals surface area contributed by atoms with E-state index >= 15 is 0 Å². The normalized spacial score (nSPS) is 12.1. The second-order valence-electron chi connectivity index (χ2n) is 5.58.